The van der Waals surface area contributed by atoms with E-state index in [1.165, 1.54) is 13.0 Å². The van der Waals surface area contributed by atoms with Crippen molar-refractivity contribution in [1.29, 1.82) is 0 Å². The first-order valence-corrected chi connectivity index (χ1v) is 10.8. The van der Waals surface area contributed by atoms with Gasteiger partial charge in [-0.05, 0) is 35.7 Å². The number of fused-ring (bicyclic) bond motifs is 1. The summed E-state index contributed by atoms with van der Waals surface area (Å²) in [6.45, 7) is 1.53. The van der Waals surface area contributed by atoms with Gasteiger partial charge in [0.15, 0.2) is 6.10 Å². The molecule has 34 heavy (non-hydrogen) atoms. The highest BCUT2D eigenvalue weighted by Crippen LogP contribution is 2.29. The summed E-state index contributed by atoms with van der Waals surface area (Å²) < 4.78 is 11.1. The van der Waals surface area contributed by atoms with Crippen molar-refractivity contribution in [2.45, 2.75) is 25.5 Å². The smallest absolute Gasteiger partial charge is 0.336 e. The lowest BCUT2D eigenvalue weighted by Crippen LogP contribution is -2.47. The fourth-order valence-electron chi connectivity index (χ4n) is 3.67. The molecule has 0 aliphatic rings. The lowest BCUT2D eigenvalue weighted by atomic mass is 10.0. The Hall–Kier alpha value is -4.39. The van der Waals surface area contributed by atoms with E-state index in [-0.39, 0.29) is 6.42 Å². The fourth-order valence-corrected chi connectivity index (χ4v) is 3.67. The van der Waals surface area contributed by atoms with Crippen molar-refractivity contribution in [1.82, 2.24) is 5.32 Å². The largest absolute Gasteiger partial charge is 0.481 e. The van der Waals surface area contributed by atoms with Gasteiger partial charge in [-0.2, -0.15) is 0 Å². The van der Waals surface area contributed by atoms with E-state index in [1.807, 2.05) is 48.5 Å². The highest BCUT2D eigenvalue weighted by Gasteiger charge is 2.24. The third-order valence-corrected chi connectivity index (χ3v) is 5.38. The minimum absolute atomic E-state index is 0.151. The molecule has 0 fully saturated rings. The van der Waals surface area contributed by atoms with Crippen LogP contribution in [0.15, 0.2) is 94.1 Å². The Bertz CT molecular complexity index is 1360. The summed E-state index contributed by atoms with van der Waals surface area (Å²) in [4.78, 5) is 36.4. The highest BCUT2D eigenvalue weighted by molar-refractivity contribution is 5.94. The zero-order chi connectivity index (χ0) is 24.1. The van der Waals surface area contributed by atoms with Gasteiger partial charge in [-0.25, -0.2) is 9.59 Å². The van der Waals surface area contributed by atoms with Crippen molar-refractivity contribution in [3.63, 3.8) is 0 Å². The van der Waals surface area contributed by atoms with Crippen LogP contribution in [0.4, 0.5) is 0 Å². The standard InChI is InChI=1S/C27H23NO6/c1-17(26(30)28-23(27(31)32)14-18-8-4-2-5-9-18)33-20-12-13-21-22(19-10-6-3-7-11-19)16-25(29)34-24(21)15-20/h2-13,15-17,23H,14H2,1H3,(H,28,30)(H,31,32)/t17-,23+/m0/s1. The minimum Gasteiger partial charge on any atom is -0.481 e. The number of nitrogens with one attached hydrogen (secondary N) is 1. The van der Waals surface area contributed by atoms with Crippen molar-refractivity contribution < 1.29 is 23.8 Å². The molecule has 3 aromatic carbocycles. The summed E-state index contributed by atoms with van der Waals surface area (Å²) in [7, 11) is 0. The predicted octanol–water partition coefficient (Wildman–Crippen LogP) is 4.04. The second-order valence-electron chi connectivity index (χ2n) is 7.85. The number of carbonyl (C=O) groups excluding carboxylic acids is 1. The first kappa shape index (κ1) is 22.8. The number of carbonyl (C=O) groups is 2. The van der Waals surface area contributed by atoms with Crippen LogP contribution in [0.25, 0.3) is 22.1 Å². The second-order valence-corrected chi connectivity index (χ2v) is 7.85. The molecule has 7 nitrogen and oxygen atoms in total. The third kappa shape index (κ3) is 5.32. The Kier molecular flexibility index (Phi) is 6.73. The van der Waals surface area contributed by atoms with Gasteiger partial charge in [-0.1, -0.05) is 60.7 Å². The van der Waals surface area contributed by atoms with Crippen LogP contribution in [0.3, 0.4) is 0 Å². The van der Waals surface area contributed by atoms with Gasteiger partial charge in [0.05, 0.1) is 0 Å². The lowest BCUT2D eigenvalue weighted by Gasteiger charge is -2.19. The molecule has 2 N–H and O–H groups in total. The molecule has 7 heteroatoms. The molecule has 1 amide bonds. The summed E-state index contributed by atoms with van der Waals surface area (Å²) in [5, 5.41) is 12.8. The second kappa shape index (κ2) is 10.0. The average molecular weight is 457 g/mol. The van der Waals surface area contributed by atoms with Gasteiger partial charge in [-0.3, -0.25) is 4.79 Å². The molecule has 1 heterocycles. The zero-order valence-corrected chi connectivity index (χ0v) is 18.4. The Morgan fingerprint density at radius 3 is 2.32 bits per heavy atom. The van der Waals surface area contributed by atoms with Crippen molar-refractivity contribution in [2.24, 2.45) is 0 Å². The van der Waals surface area contributed by atoms with Gasteiger partial charge < -0.3 is 19.6 Å². The summed E-state index contributed by atoms with van der Waals surface area (Å²) >= 11 is 0. The Morgan fingerprint density at radius 1 is 0.971 bits per heavy atom. The van der Waals surface area contributed by atoms with Gasteiger partial charge in [0.25, 0.3) is 5.91 Å². The van der Waals surface area contributed by atoms with Crippen LogP contribution in [0, 0.1) is 0 Å². The number of amides is 1. The number of benzene rings is 3. The quantitative estimate of drug-likeness (QED) is 0.387. The number of aliphatic carboxylic acids is 1. The van der Waals surface area contributed by atoms with Crippen molar-refractivity contribution in [3.8, 4) is 16.9 Å². The Balaban J connectivity index is 1.51. The monoisotopic (exact) mass is 457 g/mol. The van der Waals surface area contributed by atoms with Gasteiger partial charge in [-0.15, -0.1) is 0 Å². The number of carboxylic acids is 1. The molecular weight excluding hydrogens is 434 g/mol. The van der Waals surface area contributed by atoms with Gasteiger partial charge in [0, 0.05) is 23.9 Å². The van der Waals surface area contributed by atoms with Crippen LogP contribution < -0.4 is 15.7 Å². The van der Waals surface area contributed by atoms with E-state index in [4.69, 9.17) is 9.15 Å². The molecule has 0 radical (unpaired) electrons. The van der Waals surface area contributed by atoms with E-state index in [0.717, 1.165) is 22.1 Å². The molecule has 172 valence electrons. The maximum absolute atomic E-state index is 12.6. The normalized spacial score (nSPS) is 12.6. The van der Waals surface area contributed by atoms with E-state index in [2.05, 4.69) is 5.32 Å². The molecule has 0 aliphatic heterocycles. The summed E-state index contributed by atoms with van der Waals surface area (Å²) in [6, 6.07) is 23.8. The summed E-state index contributed by atoms with van der Waals surface area (Å²) in [5.41, 5.74) is 2.22. The third-order valence-electron chi connectivity index (χ3n) is 5.38. The van der Waals surface area contributed by atoms with E-state index >= 15 is 0 Å². The van der Waals surface area contributed by atoms with Gasteiger partial charge in [0.1, 0.15) is 17.4 Å². The zero-order valence-electron chi connectivity index (χ0n) is 18.4. The Morgan fingerprint density at radius 2 is 1.65 bits per heavy atom. The molecular formula is C27H23NO6. The molecule has 0 aliphatic carbocycles. The van der Waals surface area contributed by atoms with E-state index in [1.54, 1.807) is 30.3 Å². The topological polar surface area (TPSA) is 106 Å². The van der Waals surface area contributed by atoms with Crippen LogP contribution in [-0.2, 0) is 16.0 Å². The minimum atomic E-state index is -1.13. The first-order chi connectivity index (χ1) is 16.4. The number of hydrogen-bond acceptors (Lipinski definition) is 5. The molecule has 0 spiro atoms. The van der Waals surface area contributed by atoms with Crippen molar-refractivity contribution >= 4 is 22.8 Å². The maximum Gasteiger partial charge on any atom is 0.336 e. The molecule has 4 rings (SSSR count). The molecule has 1 aromatic heterocycles. The molecule has 0 saturated carbocycles. The number of hydrogen-bond donors (Lipinski definition) is 2. The van der Waals surface area contributed by atoms with Crippen LogP contribution >= 0.6 is 0 Å². The molecule has 0 bridgehead atoms. The summed E-state index contributed by atoms with van der Waals surface area (Å²) in [6.07, 6.45) is -0.822. The van der Waals surface area contributed by atoms with E-state index in [9.17, 15) is 19.5 Å². The lowest BCUT2D eigenvalue weighted by molar-refractivity contribution is -0.142. The summed E-state index contributed by atoms with van der Waals surface area (Å²) in [5.74, 6) is -1.38. The van der Waals surface area contributed by atoms with Crippen LogP contribution in [0.1, 0.15) is 12.5 Å². The average Bonchev–Trinajstić information content (AvgIpc) is 2.84. The first-order valence-electron chi connectivity index (χ1n) is 10.8. The molecule has 2 atom stereocenters. The number of carboxylic acid groups (broad SMARTS) is 1. The number of ether oxygens (including phenoxy) is 1. The fraction of sp³-hybridized carbons (Fsp3) is 0.148. The van der Waals surface area contributed by atoms with Crippen LogP contribution in [0.5, 0.6) is 5.75 Å². The SMILES string of the molecule is C[C@H](Oc1ccc2c(-c3ccccc3)cc(=O)oc2c1)C(=O)N[C@H](Cc1ccccc1)C(=O)O. The van der Waals surface area contributed by atoms with E-state index in [0.29, 0.717) is 11.3 Å². The highest BCUT2D eigenvalue weighted by atomic mass is 16.5. The van der Waals surface area contributed by atoms with Gasteiger partial charge >= 0.3 is 11.6 Å². The Labute approximate surface area is 195 Å². The van der Waals surface area contributed by atoms with Gasteiger partial charge in [0.2, 0.25) is 0 Å². The molecule has 0 unspecified atom stereocenters. The molecule has 4 aromatic rings. The van der Waals surface area contributed by atoms with Crippen molar-refractivity contribution in [2.75, 3.05) is 0 Å². The maximum atomic E-state index is 12.6. The number of rotatable bonds is 8. The van der Waals surface area contributed by atoms with Crippen molar-refractivity contribution in [3.05, 3.63) is 101 Å². The molecule has 0 saturated heterocycles. The predicted molar refractivity (Wildman–Crippen MR) is 128 cm³/mol. The van der Waals surface area contributed by atoms with Crippen LogP contribution in [0.2, 0.25) is 0 Å². The van der Waals surface area contributed by atoms with E-state index < -0.39 is 29.6 Å². The van der Waals surface area contributed by atoms with Crippen LogP contribution in [-0.4, -0.2) is 29.1 Å².